The standard InChI is InChI=1S/C26H34N2O3/c1-20(2)15-18-31-24-13-7-21(19-25(24)30-3)8-14-26(29)27-22-9-11-23(12-10-22)28-16-5-4-6-17-28/h7-14,19-20H,4-6,15-18H2,1-3H3,(H,27,29)/b14-8+. The zero-order valence-electron chi connectivity index (χ0n) is 18.9. The highest BCUT2D eigenvalue weighted by atomic mass is 16.5. The van der Waals surface area contributed by atoms with Crippen molar-refractivity contribution in [3.63, 3.8) is 0 Å². The van der Waals surface area contributed by atoms with E-state index in [1.165, 1.54) is 31.0 Å². The molecule has 0 aliphatic carbocycles. The maximum absolute atomic E-state index is 12.3. The number of piperidine rings is 1. The van der Waals surface area contributed by atoms with Gasteiger partial charge in [-0.15, -0.1) is 0 Å². The van der Waals surface area contributed by atoms with Crippen LogP contribution in [0.15, 0.2) is 48.5 Å². The average Bonchev–Trinajstić information content (AvgIpc) is 2.79. The van der Waals surface area contributed by atoms with E-state index in [9.17, 15) is 4.79 Å². The molecule has 166 valence electrons. The van der Waals surface area contributed by atoms with Gasteiger partial charge in [0.15, 0.2) is 11.5 Å². The Balaban J connectivity index is 1.55. The second-order valence-corrected chi connectivity index (χ2v) is 8.36. The molecule has 1 amide bonds. The summed E-state index contributed by atoms with van der Waals surface area (Å²) in [7, 11) is 1.62. The summed E-state index contributed by atoms with van der Waals surface area (Å²) < 4.78 is 11.3. The van der Waals surface area contributed by atoms with Gasteiger partial charge in [0, 0.05) is 30.5 Å². The van der Waals surface area contributed by atoms with Crippen LogP contribution < -0.4 is 19.7 Å². The van der Waals surface area contributed by atoms with Crippen LogP contribution >= 0.6 is 0 Å². The van der Waals surface area contributed by atoms with Gasteiger partial charge in [-0.2, -0.15) is 0 Å². The molecule has 5 nitrogen and oxygen atoms in total. The molecule has 0 saturated carbocycles. The van der Waals surface area contributed by atoms with Crippen LogP contribution in [0.4, 0.5) is 11.4 Å². The van der Waals surface area contributed by atoms with Crippen molar-refractivity contribution < 1.29 is 14.3 Å². The van der Waals surface area contributed by atoms with Gasteiger partial charge in [-0.25, -0.2) is 0 Å². The predicted octanol–water partition coefficient (Wildman–Crippen LogP) is 5.76. The number of carbonyl (C=O) groups excluding carboxylic acids is 1. The molecule has 0 bridgehead atoms. The molecule has 0 aromatic heterocycles. The average molecular weight is 423 g/mol. The van der Waals surface area contributed by atoms with Gasteiger partial charge in [-0.05, 0) is 79.6 Å². The van der Waals surface area contributed by atoms with Crippen molar-refractivity contribution in [1.29, 1.82) is 0 Å². The third kappa shape index (κ3) is 7.06. The van der Waals surface area contributed by atoms with Gasteiger partial charge in [0.25, 0.3) is 0 Å². The highest BCUT2D eigenvalue weighted by Crippen LogP contribution is 2.29. The van der Waals surface area contributed by atoms with Crippen LogP contribution in [-0.4, -0.2) is 32.7 Å². The van der Waals surface area contributed by atoms with Crippen LogP contribution in [0, 0.1) is 5.92 Å². The second-order valence-electron chi connectivity index (χ2n) is 8.36. The first kappa shape index (κ1) is 22.7. The molecule has 1 N–H and O–H groups in total. The molecule has 1 heterocycles. The maximum atomic E-state index is 12.3. The smallest absolute Gasteiger partial charge is 0.248 e. The van der Waals surface area contributed by atoms with Gasteiger partial charge in [0.2, 0.25) is 5.91 Å². The van der Waals surface area contributed by atoms with E-state index >= 15 is 0 Å². The third-order valence-corrected chi connectivity index (χ3v) is 5.42. The first-order valence-electron chi connectivity index (χ1n) is 11.2. The molecular formula is C26H34N2O3. The van der Waals surface area contributed by atoms with Crippen LogP contribution in [0.3, 0.4) is 0 Å². The summed E-state index contributed by atoms with van der Waals surface area (Å²) in [6.07, 6.45) is 8.11. The van der Waals surface area contributed by atoms with Crippen LogP contribution in [0.2, 0.25) is 0 Å². The van der Waals surface area contributed by atoms with Gasteiger partial charge in [-0.3, -0.25) is 4.79 Å². The van der Waals surface area contributed by atoms with Crippen molar-refractivity contribution in [3.05, 3.63) is 54.1 Å². The third-order valence-electron chi connectivity index (χ3n) is 5.42. The van der Waals surface area contributed by atoms with Gasteiger partial charge in [0.05, 0.1) is 13.7 Å². The Kier molecular flexibility index (Phi) is 8.39. The molecule has 0 unspecified atom stereocenters. The van der Waals surface area contributed by atoms with Crippen molar-refractivity contribution in [3.8, 4) is 11.5 Å². The maximum Gasteiger partial charge on any atom is 0.248 e. The van der Waals surface area contributed by atoms with E-state index in [2.05, 4.69) is 36.2 Å². The molecule has 0 radical (unpaired) electrons. The van der Waals surface area contributed by atoms with E-state index in [0.717, 1.165) is 36.5 Å². The number of benzene rings is 2. The van der Waals surface area contributed by atoms with Crippen molar-refractivity contribution in [2.45, 2.75) is 39.5 Å². The molecule has 5 heteroatoms. The van der Waals surface area contributed by atoms with Gasteiger partial charge < -0.3 is 19.7 Å². The minimum absolute atomic E-state index is 0.165. The first-order valence-corrected chi connectivity index (χ1v) is 11.2. The molecule has 1 fully saturated rings. The number of methoxy groups -OCH3 is 1. The minimum Gasteiger partial charge on any atom is -0.493 e. The first-order chi connectivity index (χ1) is 15.0. The number of ether oxygens (including phenoxy) is 2. The molecule has 0 atom stereocenters. The molecule has 2 aromatic rings. The zero-order chi connectivity index (χ0) is 22.1. The van der Waals surface area contributed by atoms with Gasteiger partial charge in [0.1, 0.15) is 0 Å². The quantitative estimate of drug-likeness (QED) is 0.522. The van der Waals surface area contributed by atoms with Crippen LogP contribution in [0.25, 0.3) is 6.08 Å². The van der Waals surface area contributed by atoms with Crippen molar-refractivity contribution >= 4 is 23.4 Å². The predicted molar refractivity (Wildman–Crippen MR) is 128 cm³/mol. The van der Waals surface area contributed by atoms with Crippen LogP contribution in [0.5, 0.6) is 11.5 Å². The SMILES string of the molecule is COc1cc(/C=C/C(=O)Nc2ccc(N3CCCCC3)cc2)ccc1OCCC(C)C. The van der Waals surface area contributed by atoms with E-state index in [-0.39, 0.29) is 5.91 Å². The van der Waals surface area contributed by atoms with Crippen molar-refractivity contribution in [2.24, 2.45) is 5.92 Å². The Morgan fingerprint density at radius 1 is 1.06 bits per heavy atom. The van der Waals surface area contributed by atoms with E-state index < -0.39 is 0 Å². The lowest BCUT2D eigenvalue weighted by Gasteiger charge is -2.28. The lowest BCUT2D eigenvalue weighted by Crippen LogP contribution is -2.29. The van der Waals surface area contributed by atoms with Crippen molar-refractivity contribution in [2.75, 3.05) is 37.0 Å². The molecule has 1 saturated heterocycles. The van der Waals surface area contributed by atoms with E-state index in [1.807, 2.05) is 30.3 Å². The number of nitrogens with zero attached hydrogens (tertiary/aromatic N) is 1. The van der Waals surface area contributed by atoms with Crippen molar-refractivity contribution in [1.82, 2.24) is 0 Å². The summed E-state index contributed by atoms with van der Waals surface area (Å²) in [6, 6.07) is 13.8. The monoisotopic (exact) mass is 422 g/mol. The number of hydrogen-bond acceptors (Lipinski definition) is 4. The Morgan fingerprint density at radius 2 is 1.81 bits per heavy atom. The number of nitrogens with one attached hydrogen (secondary N) is 1. The zero-order valence-corrected chi connectivity index (χ0v) is 18.9. The summed E-state index contributed by atoms with van der Waals surface area (Å²) >= 11 is 0. The molecule has 1 aliphatic rings. The Hall–Kier alpha value is -2.95. The minimum atomic E-state index is -0.165. The van der Waals surface area contributed by atoms with Crippen LogP contribution in [0.1, 0.15) is 45.1 Å². The lowest BCUT2D eigenvalue weighted by molar-refractivity contribution is -0.111. The van der Waals surface area contributed by atoms with Gasteiger partial charge in [-0.1, -0.05) is 19.9 Å². The number of anilines is 2. The Labute approximate surface area is 186 Å². The molecule has 1 aliphatic heterocycles. The summed E-state index contributed by atoms with van der Waals surface area (Å²) in [5, 5.41) is 2.92. The number of carbonyl (C=O) groups is 1. The normalized spacial score (nSPS) is 14.1. The summed E-state index contributed by atoms with van der Waals surface area (Å²) in [6.45, 7) is 7.21. The molecule has 3 rings (SSSR count). The van der Waals surface area contributed by atoms with E-state index in [1.54, 1.807) is 13.2 Å². The molecule has 2 aromatic carbocycles. The molecule has 0 spiro atoms. The highest BCUT2D eigenvalue weighted by Gasteiger charge is 2.11. The number of amides is 1. The van der Waals surface area contributed by atoms with E-state index in [0.29, 0.717) is 18.3 Å². The largest absolute Gasteiger partial charge is 0.493 e. The summed E-state index contributed by atoms with van der Waals surface area (Å²) in [5.41, 5.74) is 2.89. The number of hydrogen-bond donors (Lipinski definition) is 1. The highest BCUT2D eigenvalue weighted by molar-refractivity contribution is 6.02. The summed E-state index contributed by atoms with van der Waals surface area (Å²) in [5.74, 6) is 1.81. The van der Waals surface area contributed by atoms with Crippen LogP contribution in [-0.2, 0) is 4.79 Å². The number of rotatable bonds is 9. The second kappa shape index (κ2) is 11.4. The summed E-state index contributed by atoms with van der Waals surface area (Å²) in [4.78, 5) is 14.7. The molecule has 31 heavy (non-hydrogen) atoms. The Bertz CT molecular complexity index is 869. The topological polar surface area (TPSA) is 50.8 Å². The Morgan fingerprint density at radius 3 is 2.48 bits per heavy atom. The molecular weight excluding hydrogens is 388 g/mol. The lowest BCUT2D eigenvalue weighted by atomic mass is 10.1. The fraction of sp³-hybridized carbons (Fsp3) is 0.423. The van der Waals surface area contributed by atoms with E-state index in [4.69, 9.17) is 9.47 Å². The fourth-order valence-corrected chi connectivity index (χ4v) is 3.58. The van der Waals surface area contributed by atoms with Gasteiger partial charge >= 0.3 is 0 Å². The fourth-order valence-electron chi connectivity index (χ4n) is 3.58.